The zero-order valence-corrected chi connectivity index (χ0v) is 11.1. The number of rotatable bonds is 3. The van der Waals surface area contributed by atoms with Crippen LogP contribution in [0.4, 0.5) is 5.69 Å². The number of anilines is 1. The minimum atomic E-state index is -0.132. The highest BCUT2D eigenvalue weighted by Crippen LogP contribution is 2.20. The first-order valence-corrected chi connectivity index (χ1v) is 6.18. The highest BCUT2D eigenvalue weighted by molar-refractivity contribution is 9.10. The van der Waals surface area contributed by atoms with E-state index in [-0.39, 0.29) is 5.91 Å². The molecular formula is C13H12BrN3O. The van der Waals surface area contributed by atoms with E-state index >= 15 is 0 Å². The van der Waals surface area contributed by atoms with E-state index in [4.69, 9.17) is 5.73 Å². The number of nitrogen functional groups attached to an aromatic ring is 1. The summed E-state index contributed by atoms with van der Waals surface area (Å²) in [6.07, 6.45) is 3.39. The topological polar surface area (TPSA) is 68.0 Å². The normalized spacial score (nSPS) is 10.1. The quantitative estimate of drug-likeness (QED) is 0.855. The van der Waals surface area contributed by atoms with Crippen LogP contribution in [0.3, 0.4) is 0 Å². The summed E-state index contributed by atoms with van der Waals surface area (Å²) in [5.41, 5.74) is 7.86. The van der Waals surface area contributed by atoms with Crippen LogP contribution in [0.2, 0.25) is 0 Å². The molecule has 1 heterocycles. The van der Waals surface area contributed by atoms with Gasteiger partial charge in [0.25, 0.3) is 5.91 Å². The molecule has 2 rings (SSSR count). The number of amides is 1. The van der Waals surface area contributed by atoms with Crippen molar-refractivity contribution >= 4 is 27.5 Å². The Morgan fingerprint density at radius 2 is 2.00 bits per heavy atom. The van der Waals surface area contributed by atoms with Gasteiger partial charge in [-0.1, -0.05) is 0 Å². The van der Waals surface area contributed by atoms with Gasteiger partial charge in [0.2, 0.25) is 0 Å². The molecule has 0 aliphatic carbocycles. The molecule has 1 aromatic carbocycles. The van der Waals surface area contributed by atoms with Gasteiger partial charge in [0.15, 0.2) is 0 Å². The van der Waals surface area contributed by atoms with Crippen molar-refractivity contribution < 1.29 is 4.79 Å². The number of carbonyl (C=O) groups excluding carboxylic acids is 1. The fourth-order valence-electron chi connectivity index (χ4n) is 1.45. The van der Waals surface area contributed by atoms with Crippen LogP contribution in [0.5, 0.6) is 0 Å². The summed E-state index contributed by atoms with van der Waals surface area (Å²) in [5, 5.41) is 2.83. The Morgan fingerprint density at radius 1 is 1.28 bits per heavy atom. The van der Waals surface area contributed by atoms with E-state index in [0.29, 0.717) is 17.8 Å². The number of nitrogens with one attached hydrogen (secondary N) is 1. The number of pyridine rings is 1. The molecule has 0 atom stereocenters. The number of hydrogen-bond donors (Lipinski definition) is 2. The molecule has 0 aliphatic rings. The van der Waals surface area contributed by atoms with Gasteiger partial charge in [0.1, 0.15) is 0 Å². The number of halogens is 1. The number of nitrogens with zero attached hydrogens (tertiary/aromatic N) is 1. The first kappa shape index (κ1) is 12.6. The van der Waals surface area contributed by atoms with E-state index in [0.717, 1.165) is 10.0 Å². The summed E-state index contributed by atoms with van der Waals surface area (Å²) in [7, 11) is 0. The molecule has 3 N–H and O–H groups in total. The maximum Gasteiger partial charge on any atom is 0.251 e. The van der Waals surface area contributed by atoms with Crippen LogP contribution in [-0.4, -0.2) is 10.9 Å². The van der Waals surface area contributed by atoms with Crippen molar-refractivity contribution in [2.75, 3.05) is 5.73 Å². The lowest BCUT2D eigenvalue weighted by Gasteiger charge is -2.06. The van der Waals surface area contributed by atoms with Gasteiger partial charge < -0.3 is 11.1 Å². The predicted octanol–water partition coefficient (Wildman–Crippen LogP) is 2.36. The molecule has 2 aromatic rings. The lowest BCUT2D eigenvalue weighted by Crippen LogP contribution is -2.22. The van der Waals surface area contributed by atoms with Gasteiger partial charge in [-0.3, -0.25) is 9.78 Å². The van der Waals surface area contributed by atoms with Crippen LogP contribution >= 0.6 is 15.9 Å². The first-order chi connectivity index (χ1) is 8.66. The van der Waals surface area contributed by atoms with E-state index in [1.165, 1.54) is 0 Å². The Balaban J connectivity index is 2.02. The highest BCUT2D eigenvalue weighted by atomic mass is 79.9. The lowest BCUT2D eigenvalue weighted by molar-refractivity contribution is 0.0951. The third kappa shape index (κ3) is 3.07. The van der Waals surface area contributed by atoms with Gasteiger partial charge in [0, 0.05) is 34.7 Å². The number of aromatic nitrogens is 1. The summed E-state index contributed by atoms with van der Waals surface area (Å²) < 4.78 is 0.721. The Labute approximate surface area is 113 Å². The lowest BCUT2D eigenvalue weighted by atomic mass is 10.2. The summed E-state index contributed by atoms with van der Waals surface area (Å²) in [6.45, 7) is 0.476. The molecule has 1 amide bonds. The van der Waals surface area contributed by atoms with E-state index in [1.54, 1.807) is 30.6 Å². The largest absolute Gasteiger partial charge is 0.398 e. The zero-order chi connectivity index (χ0) is 13.0. The molecule has 0 spiro atoms. The second-order valence-corrected chi connectivity index (χ2v) is 4.63. The molecule has 0 radical (unpaired) electrons. The third-order valence-corrected chi connectivity index (χ3v) is 3.15. The molecule has 0 aliphatic heterocycles. The summed E-state index contributed by atoms with van der Waals surface area (Å²) in [5.74, 6) is -0.132. The Hall–Kier alpha value is -1.88. The minimum Gasteiger partial charge on any atom is -0.398 e. The van der Waals surface area contributed by atoms with Crippen molar-refractivity contribution in [1.82, 2.24) is 10.3 Å². The number of carbonyl (C=O) groups is 1. The van der Waals surface area contributed by atoms with Crippen LogP contribution in [0.15, 0.2) is 47.2 Å². The molecule has 18 heavy (non-hydrogen) atoms. The third-order valence-electron chi connectivity index (χ3n) is 2.47. The number of hydrogen-bond acceptors (Lipinski definition) is 3. The molecule has 0 saturated heterocycles. The second-order valence-electron chi connectivity index (χ2n) is 3.77. The van der Waals surface area contributed by atoms with Crippen molar-refractivity contribution in [1.29, 1.82) is 0 Å². The summed E-state index contributed by atoms with van der Waals surface area (Å²) >= 11 is 3.30. The Bertz CT molecular complexity index is 557. The standard InChI is InChI=1S/C13H12BrN3O/c14-11-7-10(1-2-12(11)15)13(18)17-8-9-3-5-16-6-4-9/h1-7H,8,15H2,(H,17,18). The predicted molar refractivity (Wildman–Crippen MR) is 74.0 cm³/mol. The van der Waals surface area contributed by atoms with E-state index in [9.17, 15) is 4.79 Å². The van der Waals surface area contributed by atoms with Crippen molar-refractivity contribution in [3.05, 3.63) is 58.3 Å². The van der Waals surface area contributed by atoms with E-state index in [1.807, 2.05) is 12.1 Å². The molecular weight excluding hydrogens is 294 g/mol. The van der Waals surface area contributed by atoms with Crippen LogP contribution in [0.1, 0.15) is 15.9 Å². The van der Waals surface area contributed by atoms with Gasteiger partial charge in [-0.25, -0.2) is 0 Å². The molecule has 0 unspecified atom stereocenters. The van der Waals surface area contributed by atoms with Crippen molar-refractivity contribution in [3.63, 3.8) is 0 Å². The summed E-state index contributed by atoms with van der Waals surface area (Å²) in [4.78, 5) is 15.8. The SMILES string of the molecule is Nc1ccc(C(=O)NCc2ccncc2)cc1Br. The highest BCUT2D eigenvalue weighted by Gasteiger charge is 2.06. The van der Waals surface area contributed by atoms with Gasteiger partial charge in [-0.05, 0) is 51.8 Å². The number of nitrogens with two attached hydrogens (primary N) is 1. The average molecular weight is 306 g/mol. The van der Waals surface area contributed by atoms with Crippen molar-refractivity contribution in [2.24, 2.45) is 0 Å². The van der Waals surface area contributed by atoms with Gasteiger partial charge in [-0.15, -0.1) is 0 Å². The second kappa shape index (κ2) is 5.64. The van der Waals surface area contributed by atoms with E-state index in [2.05, 4.69) is 26.2 Å². The van der Waals surface area contributed by atoms with Crippen LogP contribution in [0.25, 0.3) is 0 Å². The maximum absolute atomic E-state index is 11.9. The maximum atomic E-state index is 11.9. The molecule has 0 saturated carbocycles. The zero-order valence-electron chi connectivity index (χ0n) is 9.56. The number of benzene rings is 1. The monoisotopic (exact) mass is 305 g/mol. The Morgan fingerprint density at radius 3 is 2.67 bits per heavy atom. The molecule has 4 nitrogen and oxygen atoms in total. The molecule has 92 valence electrons. The minimum absolute atomic E-state index is 0.132. The van der Waals surface area contributed by atoms with Crippen LogP contribution in [-0.2, 0) is 6.54 Å². The average Bonchev–Trinajstić information content (AvgIpc) is 2.40. The molecule has 5 heteroatoms. The summed E-state index contributed by atoms with van der Waals surface area (Å²) in [6, 6.07) is 8.82. The molecule has 0 fully saturated rings. The van der Waals surface area contributed by atoms with Crippen molar-refractivity contribution in [2.45, 2.75) is 6.54 Å². The van der Waals surface area contributed by atoms with Gasteiger partial charge in [0.05, 0.1) is 0 Å². The fourth-order valence-corrected chi connectivity index (χ4v) is 1.83. The Kier molecular flexibility index (Phi) is 3.94. The van der Waals surface area contributed by atoms with Crippen LogP contribution < -0.4 is 11.1 Å². The van der Waals surface area contributed by atoms with E-state index < -0.39 is 0 Å². The fraction of sp³-hybridized carbons (Fsp3) is 0.0769. The van der Waals surface area contributed by atoms with Gasteiger partial charge >= 0.3 is 0 Å². The van der Waals surface area contributed by atoms with Gasteiger partial charge in [-0.2, -0.15) is 0 Å². The molecule has 1 aromatic heterocycles. The van der Waals surface area contributed by atoms with Crippen LogP contribution in [0, 0.1) is 0 Å². The first-order valence-electron chi connectivity index (χ1n) is 5.39. The molecule has 0 bridgehead atoms. The van der Waals surface area contributed by atoms with Crippen molar-refractivity contribution in [3.8, 4) is 0 Å². The smallest absolute Gasteiger partial charge is 0.251 e.